The van der Waals surface area contributed by atoms with Crippen LogP contribution in [0.1, 0.15) is 49.9 Å². The quantitative estimate of drug-likeness (QED) is 0.702. The fourth-order valence-corrected chi connectivity index (χ4v) is 4.30. The van der Waals surface area contributed by atoms with Crippen LogP contribution in [-0.4, -0.2) is 14.0 Å². The van der Waals surface area contributed by atoms with Crippen molar-refractivity contribution in [1.82, 2.24) is 0 Å². The van der Waals surface area contributed by atoms with E-state index in [1.54, 1.807) is 0 Å². The maximum atomic E-state index is 5.95. The molecule has 1 aromatic carbocycles. The van der Waals surface area contributed by atoms with Crippen molar-refractivity contribution in [2.75, 3.05) is 7.11 Å². The molecule has 2 heterocycles. The summed E-state index contributed by atoms with van der Waals surface area (Å²) in [5.74, 6) is 2.25. The molecule has 1 atom stereocenters. The number of benzene rings is 1. The van der Waals surface area contributed by atoms with E-state index >= 15 is 0 Å². The number of rotatable bonds is 2. The minimum atomic E-state index is 0.447. The van der Waals surface area contributed by atoms with Gasteiger partial charge in [0.25, 0.3) is 0 Å². The van der Waals surface area contributed by atoms with Crippen molar-refractivity contribution < 1.29 is 4.65 Å². The topological polar surface area (TPSA) is 9.23 Å². The van der Waals surface area contributed by atoms with Crippen molar-refractivity contribution >= 4 is 6.92 Å². The smallest absolute Gasteiger partial charge is 0.303 e. The number of hydrogen-bond acceptors (Lipinski definition) is 1. The summed E-state index contributed by atoms with van der Waals surface area (Å²) in [5.41, 5.74) is 1.50. The Labute approximate surface area is 111 Å². The van der Waals surface area contributed by atoms with Gasteiger partial charge >= 0.3 is 6.92 Å². The Morgan fingerprint density at radius 1 is 1.00 bits per heavy atom. The molecule has 2 aliphatic rings. The summed E-state index contributed by atoms with van der Waals surface area (Å²) in [4.78, 5) is 0. The first-order valence-corrected chi connectivity index (χ1v) is 7.48. The predicted octanol–water partition coefficient (Wildman–Crippen LogP) is 4.30. The van der Waals surface area contributed by atoms with Gasteiger partial charge < -0.3 is 4.65 Å². The maximum absolute atomic E-state index is 5.95. The van der Waals surface area contributed by atoms with E-state index < -0.39 is 0 Å². The highest BCUT2D eigenvalue weighted by Gasteiger charge is 2.43. The molecule has 2 aliphatic heterocycles. The fourth-order valence-electron chi connectivity index (χ4n) is 4.30. The summed E-state index contributed by atoms with van der Waals surface area (Å²) < 4.78 is 5.95. The van der Waals surface area contributed by atoms with Crippen molar-refractivity contribution in [3.63, 3.8) is 0 Å². The van der Waals surface area contributed by atoms with Gasteiger partial charge in [-0.25, -0.2) is 0 Å². The van der Waals surface area contributed by atoms with E-state index in [4.69, 9.17) is 4.65 Å². The number of hydrogen-bond donors (Lipinski definition) is 0. The Morgan fingerprint density at radius 3 is 2.28 bits per heavy atom. The van der Waals surface area contributed by atoms with Crippen LogP contribution in [0, 0.1) is 5.92 Å². The van der Waals surface area contributed by atoms with Crippen LogP contribution in [0.15, 0.2) is 30.3 Å². The summed E-state index contributed by atoms with van der Waals surface area (Å²) in [6.07, 6.45) is 8.35. The summed E-state index contributed by atoms with van der Waals surface area (Å²) in [6, 6.07) is 11.1. The van der Waals surface area contributed by atoms with Gasteiger partial charge in [0.15, 0.2) is 0 Å². The van der Waals surface area contributed by atoms with Gasteiger partial charge in [0.1, 0.15) is 0 Å². The second-order valence-corrected chi connectivity index (χ2v) is 6.02. The zero-order valence-corrected chi connectivity index (χ0v) is 11.3. The van der Waals surface area contributed by atoms with Crippen LogP contribution < -0.4 is 0 Å². The Kier molecular flexibility index (Phi) is 3.74. The molecule has 18 heavy (non-hydrogen) atoms. The first-order valence-electron chi connectivity index (χ1n) is 7.48. The van der Waals surface area contributed by atoms with E-state index in [1.165, 1.54) is 44.1 Å². The SMILES string of the molecule is COB1C2CCCC(CCC2)C1c1ccccc1. The lowest BCUT2D eigenvalue weighted by Crippen LogP contribution is -2.32. The third-order valence-electron chi connectivity index (χ3n) is 5.08. The van der Waals surface area contributed by atoms with Crippen molar-refractivity contribution in [3.05, 3.63) is 35.9 Å². The maximum Gasteiger partial charge on any atom is 0.303 e. The molecule has 1 unspecified atom stereocenters. The molecule has 0 saturated carbocycles. The lowest BCUT2D eigenvalue weighted by Gasteiger charge is -2.29. The molecule has 0 spiro atoms. The first-order chi connectivity index (χ1) is 8.90. The summed E-state index contributed by atoms with van der Waals surface area (Å²) >= 11 is 0. The van der Waals surface area contributed by atoms with E-state index in [-0.39, 0.29) is 0 Å². The molecular weight excluding hydrogens is 219 g/mol. The molecule has 0 N–H and O–H groups in total. The third-order valence-corrected chi connectivity index (χ3v) is 5.08. The average Bonchev–Trinajstić information content (AvgIpc) is 2.67. The molecule has 0 aliphatic carbocycles. The monoisotopic (exact) mass is 242 g/mol. The van der Waals surface area contributed by atoms with Gasteiger partial charge in [-0.15, -0.1) is 0 Å². The fraction of sp³-hybridized carbons (Fsp3) is 0.625. The minimum Gasteiger partial charge on any atom is -0.437 e. The van der Waals surface area contributed by atoms with Crippen molar-refractivity contribution in [2.24, 2.45) is 5.92 Å². The third kappa shape index (κ3) is 2.23. The standard InChI is InChI=1S/C16H23BO/c1-18-17-15-11-5-9-14(10-6-12-15)16(17)13-7-3-2-4-8-13/h2-4,7-8,14-16H,5-6,9-12H2,1H3. The Balaban J connectivity index is 1.97. The van der Waals surface area contributed by atoms with Gasteiger partial charge in [0, 0.05) is 7.11 Å². The zero-order chi connectivity index (χ0) is 12.4. The van der Waals surface area contributed by atoms with Crippen LogP contribution in [0.3, 0.4) is 0 Å². The van der Waals surface area contributed by atoms with E-state index in [9.17, 15) is 0 Å². The highest BCUT2D eigenvalue weighted by atomic mass is 16.4. The van der Waals surface area contributed by atoms with Gasteiger partial charge in [-0.2, -0.15) is 0 Å². The second kappa shape index (κ2) is 5.48. The molecule has 0 radical (unpaired) electrons. The van der Waals surface area contributed by atoms with Crippen LogP contribution in [-0.2, 0) is 4.65 Å². The van der Waals surface area contributed by atoms with E-state index in [0.29, 0.717) is 12.7 Å². The summed E-state index contributed by atoms with van der Waals surface area (Å²) in [6.45, 7) is 0.447. The average molecular weight is 242 g/mol. The molecule has 2 saturated heterocycles. The van der Waals surface area contributed by atoms with Crippen molar-refractivity contribution in [2.45, 2.75) is 50.2 Å². The number of fused-ring (bicyclic) bond motifs is 3. The lowest BCUT2D eigenvalue weighted by molar-refractivity contribution is 0.372. The van der Waals surface area contributed by atoms with Crippen molar-refractivity contribution in [3.8, 4) is 0 Å². The molecule has 2 bridgehead atoms. The van der Waals surface area contributed by atoms with Gasteiger partial charge in [-0.05, 0) is 23.1 Å². The van der Waals surface area contributed by atoms with Gasteiger partial charge in [-0.3, -0.25) is 0 Å². The predicted molar refractivity (Wildman–Crippen MR) is 76.9 cm³/mol. The van der Waals surface area contributed by atoms with Gasteiger partial charge in [-0.1, -0.05) is 68.9 Å². The lowest BCUT2D eigenvalue weighted by atomic mass is 9.43. The summed E-state index contributed by atoms with van der Waals surface area (Å²) in [5, 5.41) is 0. The van der Waals surface area contributed by atoms with E-state index in [0.717, 1.165) is 11.7 Å². The molecule has 1 aromatic rings. The van der Waals surface area contributed by atoms with Gasteiger partial charge in [0.2, 0.25) is 0 Å². The molecule has 2 fully saturated rings. The Morgan fingerprint density at radius 2 is 1.67 bits per heavy atom. The highest BCUT2D eigenvalue weighted by molar-refractivity contribution is 6.55. The molecule has 0 aromatic heterocycles. The Hall–Kier alpha value is -0.755. The van der Waals surface area contributed by atoms with Gasteiger partial charge in [0.05, 0.1) is 0 Å². The molecule has 3 rings (SSSR count). The van der Waals surface area contributed by atoms with Crippen LogP contribution >= 0.6 is 0 Å². The van der Waals surface area contributed by atoms with Crippen LogP contribution in [0.4, 0.5) is 0 Å². The highest BCUT2D eigenvalue weighted by Crippen LogP contribution is 2.47. The first kappa shape index (κ1) is 12.3. The van der Waals surface area contributed by atoms with Crippen LogP contribution in [0.2, 0.25) is 5.82 Å². The molecule has 2 heteroatoms. The minimum absolute atomic E-state index is 0.447. The second-order valence-electron chi connectivity index (χ2n) is 6.02. The van der Waals surface area contributed by atoms with Crippen molar-refractivity contribution in [1.29, 1.82) is 0 Å². The molecule has 1 nitrogen and oxygen atoms in total. The molecule has 0 amide bonds. The van der Waals surface area contributed by atoms with E-state index in [2.05, 4.69) is 30.3 Å². The molecule has 96 valence electrons. The van der Waals surface area contributed by atoms with E-state index in [1.807, 2.05) is 7.11 Å². The molecular formula is C16H23BO. The largest absolute Gasteiger partial charge is 0.437 e. The normalized spacial score (nSPS) is 32.1. The summed E-state index contributed by atoms with van der Waals surface area (Å²) in [7, 11) is 1.92. The zero-order valence-electron chi connectivity index (χ0n) is 11.3. The van der Waals surface area contributed by atoms with Crippen LogP contribution in [0.25, 0.3) is 0 Å². The van der Waals surface area contributed by atoms with Crippen LogP contribution in [0.5, 0.6) is 0 Å². The Bertz CT molecular complexity index is 368.